The van der Waals surface area contributed by atoms with Crippen molar-refractivity contribution in [2.45, 2.75) is 52.0 Å². The molecule has 0 radical (unpaired) electrons. The number of phenolic OH excluding ortho intramolecular Hbond substituents is 1. The number of rotatable bonds is 13. The van der Waals surface area contributed by atoms with Crippen LogP contribution in [0.15, 0.2) is 97.1 Å². The number of aldehydes is 1. The minimum absolute atomic E-state index is 0.119. The Morgan fingerprint density at radius 2 is 1.46 bits per heavy atom. The molecule has 0 saturated heterocycles. The largest absolute Gasteiger partial charge is 0.507 e. The van der Waals surface area contributed by atoms with Gasteiger partial charge in [-0.3, -0.25) is 9.59 Å². The van der Waals surface area contributed by atoms with Crippen molar-refractivity contribution < 1.29 is 19.4 Å². The molecule has 0 aromatic heterocycles. The van der Waals surface area contributed by atoms with Crippen LogP contribution >= 0.6 is 0 Å². The van der Waals surface area contributed by atoms with Gasteiger partial charge in [-0.25, -0.2) is 0 Å². The predicted molar refractivity (Wildman–Crippen MR) is 156 cm³/mol. The summed E-state index contributed by atoms with van der Waals surface area (Å²) < 4.78 is 5.86. The molecule has 0 heterocycles. The van der Waals surface area contributed by atoms with Gasteiger partial charge in [-0.1, -0.05) is 75.1 Å². The lowest BCUT2D eigenvalue weighted by atomic mass is 10.0. The second kappa shape index (κ2) is 14.0. The third-order valence-corrected chi connectivity index (χ3v) is 6.71. The van der Waals surface area contributed by atoms with Gasteiger partial charge in [0.1, 0.15) is 17.2 Å². The van der Waals surface area contributed by atoms with Crippen LogP contribution in [0.1, 0.15) is 70.9 Å². The van der Waals surface area contributed by atoms with Gasteiger partial charge in [0.2, 0.25) is 0 Å². The first-order valence-electron chi connectivity index (χ1n) is 13.6. The van der Waals surface area contributed by atoms with Crippen LogP contribution in [0.5, 0.6) is 17.2 Å². The van der Waals surface area contributed by atoms with Crippen LogP contribution in [0, 0.1) is 0 Å². The number of amides is 1. The smallest absolute Gasteiger partial charge is 0.258 e. The lowest BCUT2D eigenvalue weighted by Crippen LogP contribution is -2.30. The number of carbonyl (C=O) groups excluding carboxylic acids is 2. The number of aromatic hydroxyl groups is 1. The van der Waals surface area contributed by atoms with Gasteiger partial charge in [0.25, 0.3) is 5.91 Å². The average Bonchev–Trinajstić information content (AvgIpc) is 2.97. The number of nitrogens with zero attached hydrogens (tertiary/aromatic N) is 1. The summed E-state index contributed by atoms with van der Waals surface area (Å²) in [7, 11) is 0. The predicted octanol–water partition coefficient (Wildman–Crippen LogP) is 8.36. The first-order chi connectivity index (χ1) is 19.1. The van der Waals surface area contributed by atoms with Crippen molar-refractivity contribution in [3.05, 3.63) is 119 Å². The number of aryl methyl sites for hydroxylation is 1. The van der Waals surface area contributed by atoms with E-state index in [-0.39, 0.29) is 17.2 Å². The van der Waals surface area contributed by atoms with E-state index in [2.05, 4.69) is 31.2 Å². The van der Waals surface area contributed by atoms with E-state index in [1.165, 1.54) is 49.8 Å². The Balaban J connectivity index is 1.52. The summed E-state index contributed by atoms with van der Waals surface area (Å²) in [5, 5.41) is 10.0. The Labute approximate surface area is 230 Å². The summed E-state index contributed by atoms with van der Waals surface area (Å²) in [5.74, 6) is 1.01. The molecule has 4 rings (SSSR count). The Morgan fingerprint density at radius 1 is 0.795 bits per heavy atom. The topological polar surface area (TPSA) is 66.8 Å². The molecule has 0 bridgehead atoms. The zero-order valence-corrected chi connectivity index (χ0v) is 22.4. The van der Waals surface area contributed by atoms with E-state index in [1.54, 1.807) is 35.2 Å². The summed E-state index contributed by atoms with van der Waals surface area (Å²) in [4.78, 5) is 26.8. The van der Waals surface area contributed by atoms with E-state index in [0.29, 0.717) is 35.6 Å². The first kappa shape index (κ1) is 27.6. The quantitative estimate of drug-likeness (QED) is 0.142. The van der Waals surface area contributed by atoms with Crippen LogP contribution in [0.25, 0.3) is 0 Å². The molecule has 5 nitrogen and oxygen atoms in total. The number of ether oxygens (including phenoxy) is 1. The summed E-state index contributed by atoms with van der Waals surface area (Å²) in [5.41, 5.74) is 3.41. The summed E-state index contributed by atoms with van der Waals surface area (Å²) in [6, 6.07) is 29.4. The molecule has 1 amide bonds. The first-order valence-corrected chi connectivity index (χ1v) is 13.6. The molecule has 4 aromatic rings. The van der Waals surface area contributed by atoms with E-state index in [0.717, 1.165) is 12.0 Å². The van der Waals surface area contributed by atoms with Crippen LogP contribution in [-0.4, -0.2) is 17.3 Å². The van der Waals surface area contributed by atoms with Crippen LogP contribution in [0.4, 0.5) is 5.69 Å². The fraction of sp³-hybridized carbons (Fsp3) is 0.235. The summed E-state index contributed by atoms with van der Waals surface area (Å²) in [6.45, 7) is 2.54. The number of phenols is 1. The monoisotopic (exact) mass is 521 g/mol. The Kier molecular flexibility index (Phi) is 9.90. The molecule has 0 unspecified atom stereocenters. The van der Waals surface area contributed by atoms with Gasteiger partial charge in [0.15, 0.2) is 6.29 Å². The molecule has 0 fully saturated rings. The molecule has 0 aliphatic carbocycles. The average molecular weight is 522 g/mol. The highest BCUT2D eigenvalue weighted by molar-refractivity contribution is 6.06. The van der Waals surface area contributed by atoms with Gasteiger partial charge in [-0.2, -0.15) is 0 Å². The number of hydrogen-bond acceptors (Lipinski definition) is 4. The number of hydrogen-bond donors (Lipinski definition) is 1. The highest BCUT2D eigenvalue weighted by Crippen LogP contribution is 2.27. The molecule has 4 aromatic carbocycles. The normalized spacial score (nSPS) is 10.7. The molecular formula is C34H35NO4. The van der Waals surface area contributed by atoms with Gasteiger partial charge in [-0.15, -0.1) is 0 Å². The van der Waals surface area contributed by atoms with E-state index in [1.807, 2.05) is 30.3 Å². The molecule has 0 aliphatic rings. The minimum Gasteiger partial charge on any atom is -0.507 e. The van der Waals surface area contributed by atoms with E-state index in [9.17, 15) is 14.7 Å². The standard InChI is InChI=1S/C34H35NO4/c1-2-3-4-5-7-10-26-13-15-27(16-14-26)24-35(30-19-22-33(37)29(23-30)25-36)34(38)28-17-20-32(21-18-28)39-31-11-8-6-9-12-31/h6,8-9,11-23,25,37H,2-5,7,10,24H2,1H3. The second-order valence-corrected chi connectivity index (χ2v) is 9.67. The Hall–Kier alpha value is -4.38. The van der Waals surface area contributed by atoms with Crippen LogP contribution in [-0.2, 0) is 13.0 Å². The van der Waals surface area contributed by atoms with Gasteiger partial charge < -0.3 is 14.7 Å². The maximum Gasteiger partial charge on any atom is 0.258 e. The zero-order chi connectivity index (χ0) is 27.5. The Morgan fingerprint density at radius 3 is 2.15 bits per heavy atom. The number of anilines is 1. The highest BCUT2D eigenvalue weighted by Gasteiger charge is 2.20. The summed E-state index contributed by atoms with van der Waals surface area (Å²) >= 11 is 0. The van der Waals surface area contributed by atoms with Crippen molar-refractivity contribution >= 4 is 17.9 Å². The number of unbranched alkanes of at least 4 members (excludes halogenated alkanes) is 4. The molecule has 200 valence electrons. The molecule has 1 N–H and O–H groups in total. The molecule has 0 saturated carbocycles. The molecule has 0 atom stereocenters. The van der Waals surface area contributed by atoms with E-state index >= 15 is 0 Å². The fourth-order valence-electron chi connectivity index (χ4n) is 4.46. The maximum absolute atomic E-state index is 13.7. The molecule has 5 heteroatoms. The van der Waals surface area contributed by atoms with Crippen LogP contribution in [0.3, 0.4) is 0 Å². The van der Waals surface area contributed by atoms with Gasteiger partial charge in [-0.05, 0) is 78.6 Å². The molecule has 0 spiro atoms. The van der Waals surface area contributed by atoms with Crippen molar-refractivity contribution in [2.75, 3.05) is 4.90 Å². The minimum atomic E-state index is -0.219. The SMILES string of the molecule is CCCCCCCc1ccc(CN(C(=O)c2ccc(Oc3ccccc3)cc2)c2ccc(O)c(C=O)c2)cc1. The third kappa shape index (κ3) is 7.81. The van der Waals surface area contributed by atoms with Crippen LogP contribution < -0.4 is 9.64 Å². The lowest BCUT2D eigenvalue weighted by molar-refractivity contribution is 0.0984. The number of para-hydroxylation sites is 1. The van der Waals surface area contributed by atoms with Crippen LogP contribution in [0.2, 0.25) is 0 Å². The Bertz CT molecular complexity index is 1350. The fourth-order valence-corrected chi connectivity index (χ4v) is 4.46. The second-order valence-electron chi connectivity index (χ2n) is 9.67. The zero-order valence-electron chi connectivity index (χ0n) is 22.4. The maximum atomic E-state index is 13.7. The number of benzene rings is 4. The van der Waals surface area contributed by atoms with Gasteiger partial charge in [0.05, 0.1) is 12.1 Å². The lowest BCUT2D eigenvalue weighted by Gasteiger charge is -2.24. The van der Waals surface area contributed by atoms with E-state index < -0.39 is 0 Å². The molecule has 39 heavy (non-hydrogen) atoms. The summed E-state index contributed by atoms with van der Waals surface area (Å²) in [6.07, 6.45) is 7.86. The van der Waals surface area contributed by atoms with Crippen molar-refractivity contribution in [1.82, 2.24) is 0 Å². The van der Waals surface area contributed by atoms with Crippen molar-refractivity contribution in [3.8, 4) is 17.2 Å². The highest BCUT2D eigenvalue weighted by atomic mass is 16.5. The van der Waals surface area contributed by atoms with Crippen molar-refractivity contribution in [3.63, 3.8) is 0 Å². The molecular weight excluding hydrogens is 486 g/mol. The van der Waals surface area contributed by atoms with Crippen molar-refractivity contribution in [2.24, 2.45) is 0 Å². The van der Waals surface area contributed by atoms with Crippen molar-refractivity contribution in [1.29, 1.82) is 0 Å². The number of carbonyl (C=O) groups is 2. The molecule has 0 aliphatic heterocycles. The third-order valence-electron chi connectivity index (χ3n) is 6.71. The van der Waals surface area contributed by atoms with Gasteiger partial charge in [0, 0.05) is 11.3 Å². The van der Waals surface area contributed by atoms with Gasteiger partial charge >= 0.3 is 0 Å². The van der Waals surface area contributed by atoms with E-state index in [4.69, 9.17) is 4.74 Å².